The van der Waals surface area contributed by atoms with Gasteiger partial charge >= 0.3 is 0 Å². The molecule has 1 aromatic heterocycles. The number of aromatic nitrogens is 3. The van der Waals surface area contributed by atoms with Crippen molar-refractivity contribution in [2.24, 2.45) is 0 Å². The van der Waals surface area contributed by atoms with Gasteiger partial charge in [0.1, 0.15) is 0 Å². The minimum Gasteiger partial charge on any atom is -0.479 e. The van der Waals surface area contributed by atoms with Crippen molar-refractivity contribution in [1.29, 1.82) is 0 Å². The lowest BCUT2D eigenvalue weighted by atomic mass is 10.3. The van der Waals surface area contributed by atoms with Gasteiger partial charge < -0.3 is 4.74 Å². The average Bonchev–Trinajstić information content (AvgIpc) is 2.67. The zero-order valence-corrected chi connectivity index (χ0v) is 7.21. The van der Waals surface area contributed by atoms with Gasteiger partial charge in [-0.3, -0.25) is 0 Å². The highest BCUT2D eigenvalue weighted by molar-refractivity contribution is 5.30. The molecule has 4 heteroatoms. The Morgan fingerprint density at radius 3 is 2.62 bits per heavy atom. The van der Waals surface area contributed by atoms with Gasteiger partial charge in [0.05, 0.1) is 19.0 Å². The number of hydrogen-bond donors (Lipinski definition) is 0. The van der Waals surface area contributed by atoms with E-state index in [1.54, 1.807) is 18.0 Å². The Kier molecular flexibility index (Phi) is 1.96. The molecule has 0 aliphatic rings. The average molecular weight is 175 g/mol. The fourth-order valence-corrected chi connectivity index (χ4v) is 1.05. The standard InChI is InChI=1S/C9H9N3O/c1-13-9-7-12(11-10-9)8-5-3-2-4-6-8/h2-7H,1H3. The second kappa shape index (κ2) is 3.26. The number of ether oxygens (including phenoxy) is 1. The molecule has 2 rings (SSSR count). The number of methoxy groups -OCH3 is 1. The van der Waals surface area contributed by atoms with Crippen molar-refractivity contribution in [2.75, 3.05) is 7.11 Å². The minimum atomic E-state index is 0.517. The molecule has 2 aromatic rings. The fraction of sp³-hybridized carbons (Fsp3) is 0.111. The Balaban J connectivity index is 2.36. The molecule has 0 amide bonds. The molecule has 1 aromatic carbocycles. The van der Waals surface area contributed by atoms with Crippen LogP contribution >= 0.6 is 0 Å². The van der Waals surface area contributed by atoms with E-state index in [1.165, 1.54) is 0 Å². The Hall–Kier alpha value is -1.84. The van der Waals surface area contributed by atoms with Gasteiger partial charge in [0.25, 0.3) is 5.88 Å². The summed E-state index contributed by atoms with van der Waals surface area (Å²) in [6.07, 6.45) is 1.73. The van der Waals surface area contributed by atoms with Crippen LogP contribution in [-0.2, 0) is 0 Å². The van der Waals surface area contributed by atoms with Gasteiger partial charge in [-0.1, -0.05) is 28.5 Å². The Morgan fingerprint density at radius 2 is 2.00 bits per heavy atom. The Bertz CT molecular complexity index is 383. The number of hydrogen-bond acceptors (Lipinski definition) is 3. The highest BCUT2D eigenvalue weighted by atomic mass is 16.5. The van der Waals surface area contributed by atoms with Gasteiger partial charge in [0, 0.05) is 0 Å². The van der Waals surface area contributed by atoms with E-state index in [1.807, 2.05) is 30.3 Å². The molecule has 0 fully saturated rings. The molecular weight excluding hydrogens is 166 g/mol. The molecule has 0 unspecified atom stereocenters. The van der Waals surface area contributed by atoms with Gasteiger partial charge in [0.15, 0.2) is 0 Å². The van der Waals surface area contributed by atoms with Crippen LogP contribution < -0.4 is 4.74 Å². The summed E-state index contributed by atoms with van der Waals surface area (Å²) in [6, 6.07) is 9.76. The monoisotopic (exact) mass is 175 g/mol. The van der Waals surface area contributed by atoms with Crippen LogP contribution in [0.1, 0.15) is 0 Å². The van der Waals surface area contributed by atoms with Crippen molar-refractivity contribution in [2.45, 2.75) is 0 Å². The van der Waals surface area contributed by atoms with Crippen molar-refractivity contribution in [3.63, 3.8) is 0 Å². The van der Waals surface area contributed by atoms with Gasteiger partial charge in [-0.25, -0.2) is 4.68 Å². The molecular formula is C9H9N3O. The Morgan fingerprint density at radius 1 is 1.23 bits per heavy atom. The molecule has 0 saturated carbocycles. The molecule has 0 saturated heterocycles. The molecule has 4 nitrogen and oxygen atoms in total. The van der Waals surface area contributed by atoms with Crippen LogP contribution in [-0.4, -0.2) is 22.1 Å². The number of para-hydroxylation sites is 1. The molecule has 0 aliphatic heterocycles. The van der Waals surface area contributed by atoms with E-state index in [9.17, 15) is 0 Å². The number of nitrogens with zero attached hydrogens (tertiary/aromatic N) is 3. The molecule has 0 bridgehead atoms. The number of rotatable bonds is 2. The summed E-state index contributed by atoms with van der Waals surface area (Å²) in [5.41, 5.74) is 0.971. The molecule has 0 aliphatic carbocycles. The summed E-state index contributed by atoms with van der Waals surface area (Å²) in [5, 5.41) is 7.70. The topological polar surface area (TPSA) is 39.9 Å². The van der Waals surface area contributed by atoms with Crippen LogP contribution in [0.25, 0.3) is 5.69 Å². The lowest BCUT2D eigenvalue weighted by molar-refractivity contribution is 0.397. The number of benzene rings is 1. The maximum Gasteiger partial charge on any atom is 0.253 e. The van der Waals surface area contributed by atoms with Crippen LogP contribution in [0, 0.1) is 0 Å². The molecule has 0 N–H and O–H groups in total. The zero-order valence-electron chi connectivity index (χ0n) is 7.21. The smallest absolute Gasteiger partial charge is 0.253 e. The van der Waals surface area contributed by atoms with E-state index >= 15 is 0 Å². The van der Waals surface area contributed by atoms with Crippen LogP contribution in [0.4, 0.5) is 0 Å². The van der Waals surface area contributed by atoms with Crippen LogP contribution in [0.2, 0.25) is 0 Å². The summed E-state index contributed by atoms with van der Waals surface area (Å²) in [5.74, 6) is 0.517. The third-order valence-corrected chi connectivity index (χ3v) is 1.70. The van der Waals surface area contributed by atoms with E-state index in [0.717, 1.165) is 5.69 Å². The second-order valence-electron chi connectivity index (χ2n) is 2.54. The molecule has 0 spiro atoms. The lowest BCUT2D eigenvalue weighted by Gasteiger charge is -1.96. The molecule has 13 heavy (non-hydrogen) atoms. The largest absolute Gasteiger partial charge is 0.479 e. The molecule has 0 atom stereocenters. The zero-order chi connectivity index (χ0) is 9.10. The summed E-state index contributed by atoms with van der Waals surface area (Å²) < 4.78 is 6.59. The normalized spacial score (nSPS) is 9.92. The lowest BCUT2D eigenvalue weighted by Crippen LogP contribution is -1.93. The first kappa shape index (κ1) is 7.79. The Labute approximate surface area is 75.8 Å². The first-order valence-electron chi connectivity index (χ1n) is 3.92. The SMILES string of the molecule is COc1cn(-c2ccccc2)nn1. The third kappa shape index (κ3) is 1.51. The quantitative estimate of drug-likeness (QED) is 0.690. The van der Waals surface area contributed by atoms with E-state index in [0.29, 0.717) is 5.88 Å². The second-order valence-corrected chi connectivity index (χ2v) is 2.54. The van der Waals surface area contributed by atoms with E-state index in [4.69, 9.17) is 4.74 Å². The summed E-state index contributed by atoms with van der Waals surface area (Å²) in [7, 11) is 1.57. The summed E-state index contributed by atoms with van der Waals surface area (Å²) in [4.78, 5) is 0. The van der Waals surface area contributed by atoms with Crippen molar-refractivity contribution in [3.8, 4) is 11.6 Å². The van der Waals surface area contributed by atoms with Crippen molar-refractivity contribution < 1.29 is 4.74 Å². The van der Waals surface area contributed by atoms with Crippen LogP contribution in [0.15, 0.2) is 36.5 Å². The van der Waals surface area contributed by atoms with Crippen molar-refractivity contribution >= 4 is 0 Å². The molecule has 1 heterocycles. The van der Waals surface area contributed by atoms with Gasteiger partial charge in [-0.15, -0.1) is 0 Å². The highest BCUT2D eigenvalue weighted by Crippen LogP contribution is 2.08. The highest BCUT2D eigenvalue weighted by Gasteiger charge is 1.99. The summed E-state index contributed by atoms with van der Waals surface area (Å²) >= 11 is 0. The van der Waals surface area contributed by atoms with E-state index in [-0.39, 0.29) is 0 Å². The maximum absolute atomic E-state index is 4.92. The van der Waals surface area contributed by atoms with Crippen LogP contribution in [0.5, 0.6) is 5.88 Å². The van der Waals surface area contributed by atoms with Gasteiger partial charge in [0.2, 0.25) is 0 Å². The van der Waals surface area contributed by atoms with E-state index < -0.39 is 0 Å². The van der Waals surface area contributed by atoms with E-state index in [2.05, 4.69) is 10.3 Å². The third-order valence-electron chi connectivity index (χ3n) is 1.70. The minimum absolute atomic E-state index is 0.517. The molecule has 66 valence electrons. The van der Waals surface area contributed by atoms with Gasteiger partial charge in [-0.2, -0.15) is 0 Å². The first-order valence-corrected chi connectivity index (χ1v) is 3.92. The predicted octanol–water partition coefficient (Wildman–Crippen LogP) is 1.28. The van der Waals surface area contributed by atoms with Crippen LogP contribution in [0.3, 0.4) is 0 Å². The first-order chi connectivity index (χ1) is 6.40. The van der Waals surface area contributed by atoms with Crippen molar-refractivity contribution in [3.05, 3.63) is 36.5 Å². The van der Waals surface area contributed by atoms with Crippen molar-refractivity contribution in [1.82, 2.24) is 15.0 Å². The summed E-state index contributed by atoms with van der Waals surface area (Å²) in [6.45, 7) is 0. The van der Waals surface area contributed by atoms with Gasteiger partial charge in [-0.05, 0) is 12.1 Å². The predicted molar refractivity (Wildman–Crippen MR) is 47.9 cm³/mol. The molecule has 0 radical (unpaired) electrons. The fourth-order valence-electron chi connectivity index (χ4n) is 1.05. The maximum atomic E-state index is 4.92.